The van der Waals surface area contributed by atoms with Crippen LogP contribution in [0.25, 0.3) is 0 Å². The number of amides is 1. The molecule has 6 heteroatoms. The van der Waals surface area contributed by atoms with Gasteiger partial charge in [-0.3, -0.25) is 4.79 Å². The molecule has 0 aromatic heterocycles. The molecule has 1 aromatic rings. The number of nitrogens with zero attached hydrogens (tertiary/aromatic N) is 1. The summed E-state index contributed by atoms with van der Waals surface area (Å²) in [5.74, 6) is -0.918. The van der Waals surface area contributed by atoms with Crippen LogP contribution in [0.2, 0.25) is 0 Å². The second kappa shape index (κ2) is 6.75. The van der Waals surface area contributed by atoms with E-state index in [0.717, 1.165) is 24.8 Å². The molecular weight excluding hydrogens is 325 g/mol. The zero-order valence-electron chi connectivity index (χ0n) is 14.5. The first-order chi connectivity index (χ1) is 11.9. The predicted octanol–water partition coefficient (Wildman–Crippen LogP) is 2.16. The number of aliphatic hydroxyl groups is 1. The molecule has 1 aliphatic heterocycles. The summed E-state index contributed by atoms with van der Waals surface area (Å²) in [7, 11) is 0. The van der Waals surface area contributed by atoms with Crippen LogP contribution in [0.4, 0.5) is 4.39 Å². The molecule has 1 aromatic carbocycles. The fourth-order valence-electron chi connectivity index (χ4n) is 3.78. The van der Waals surface area contributed by atoms with Crippen molar-refractivity contribution in [3.63, 3.8) is 0 Å². The molecule has 0 bridgehead atoms. The lowest BCUT2D eigenvalue weighted by Gasteiger charge is -2.46. The zero-order chi connectivity index (χ0) is 18.1. The number of hydrogen-bond acceptors (Lipinski definition) is 4. The van der Waals surface area contributed by atoms with Crippen molar-refractivity contribution in [2.45, 2.75) is 50.0 Å². The summed E-state index contributed by atoms with van der Waals surface area (Å²) in [6.45, 7) is 2.55. The second-order valence-corrected chi connectivity index (χ2v) is 6.99. The first-order valence-corrected chi connectivity index (χ1v) is 8.86. The number of carbonyl (C=O) groups excluding carboxylic acids is 2. The largest absolute Gasteiger partial charge is 0.464 e. The van der Waals surface area contributed by atoms with Gasteiger partial charge in [0.2, 0.25) is 5.91 Å². The molecule has 1 N–H and O–H groups in total. The molecular formula is C19H24FNO4. The van der Waals surface area contributed by atoms with Crippen LogP contribution in [-0.2, 0) is 19.7 Å². The fourth-order valence-corrected chi connectivity index (χ4v) is 3.78. The molecule has 3 rings (SSSR count). The van der Waals surface area contributed by atoms with Gasteiger partial charge in [0.1, 0.15) is 5.82 Å². The Morgan fingerprint density at radius 1 is 1.16 bits per heavy atom. The Bertz CT molecular complexity index is 646. The van der Waals surface area contributed by atoms with Gasteiger partial charge in [-0.25, -0.2) is 9.18 Å². The Kier molecular flexibility index (Phi) is 4.82. The SMILES string of the molecule is CCOC(=O)C1(O)CCN(C(=O)C2(c3ccc(F)cc3)CCC2)CC1. The average Bonchev–Trinajstić information content (AvgIpc) is 2.56. The first-order valence-electron chi connectivity index (χ1n) is 8.86. The minimum Gasteiger partial charge on any atom is -0.464 e. The summed E-state index contributed by atoms with van der Waals surface area (Å²) in [6.07, 6.45) is 2.81. The van der Waals surface area contributed by atoms with Crippen LogP contribution in [0.3, 0.4) is 0 Å². The average molecular weight is 349 g/mol. The van der Waals surface area contributed by atoms with Crippen LogP contribution in [0, 0.1) is 5.82 Å². The number of esters is 1. The molecule has 0 atom stereocenters. The molecule has 5 nitrogen and oxygen atoms in total. The van der Waals surface area contributed by atoms with Gasteiger partial charge in [-0.15, -0.1) is 0 Å². The molecule has 1 amide bonds. The molecule has 25 heavy (non-hydrogen) atoms. The minimum atomic E-state index is -1.50. The van der Waals surface area contributed by atoms with Gasteiger partial charge in [-0.05, 0) is 37.5 Å². The second-order valence-electron chi connectivity index (χ2n) is 6.99. The van der Waals surface area contributed by atoms with Crippen molar-refractivity contribution < 1.29 is 23.8 Å². The summed E-state index contributed by atoms with van der Waals surface area (Å²) in [4.78, 5) is 26.7. The fraction of sp³-hybridized carbons (Fsp3) is 0.579. The lowest BCUT2D eigenvalue weighted by atomic mass is 9.63. The number of hydrogen-bond donors (Lipinski definition) is 1. The molecule has 0 unspecified atom stereocenters. The van der Waals surface area contributed by atoms with Crippen molar-refractivity contribution in [3.05, 3.63) is 35.6 Å². The van der Waals surface area contributed by atoms with E-state index in [0.29, 0.717) is 13.1 Å². The van der Waals surface area contributed by atoms with E-state index in [-0.39, 0.29) is 31.2 Å². The van der Waals surface area contributed by atoms with E-state index in [9.17, 15) is 19.1 Å². The van der Waals surface area contributed by atoms with Crippen LogP contribution in [0.1, 0.15) is 44.6 Å². The van der Waals surface area contributed by atoms with E-state index in [1.54, 1.807) is 24.0 Å². The van der Waals surface area contributed by atoms with Crippen LogP contribution >= 0.6 is 0 Å². The van der Waals surface area contributed by atoms with Gasteiger partial charge in [0.25, 0.3) is 0 Å². The summed E-state index contributed by atoms with van der Waals surface area (Å²) in [6, 6.07) is 6.15. The Morgan fingerprint density at radius 3 is 2.24 bits per heavy atom. The molecule has 136 valence electrons. The smallest absolute Gasteiger partial charge is 0.338 e. The van der Waals surface area contributed by atoms with Crippen molar-refractivity contribution in [1.29, 1.82) is 0 Å². The molecule has 1 aliphatic carbocycles. The maximum atomic E-state index is 13.2. The number of ether oxygens (including phenoxy) is 1. The van der Waals surface area contributed by atoms with Gasteiger partial charge in [0, 0.05) is 25.9 Å². The van der Waals surface area contributed by atoms with Crippen LogP contribution < -0.4 is 0 Å². The number of rotatable bonds is 4. The Labute approximate surface area is 146 Å². The van der Waals surface area contributed by atoms with Crippen molar-refractivity contribution in [3.8, 4) is 0 Å². The Morgan fingerprint density at radius 2 is 1.76 bits per heavy atom. The lowest BCUT2D eigenvalue weighted by molar-refractivity contribution is -0.172. The van der Waals surface area contributed by atoms with Crippen LogP contribution in [0.5, 0.6) is 0 Å². The van der Waals surface area contributed by atoms with E-state index in [2.05, 4.69) is 0 Å². The minimum absolute atomic E-state index is 0.0104. The van der Waals surface area contributed by atoms with Gasteiger partial charge in [-0.1, -0.05) is 18.6 Å². The highest BCUT2D eigenvalue weighted by molar-refractivity contribution is 5.90. The van der Waals surface area contributed by atoms with Gasteiger partial charge in [-0.2, -0.15) is 0 Å². The third-order valence-corrected chi connectivity index (χ3v) is 5.55. The third-order valence-electron chi connectivity index (χ3n) is 5.55. The highest BCUT2D eigenvalue weighted by Crippen LogP contribution is 2.45. The van der Waals surface area contributed by atoms with E-state index < -0.39 is 17.0 Å². The first kappa shape index (κ1) is 17.9. The van der Waals surface area contributed by atoms with Gasteiger partial charge < -0.3 is 14.7 Å². The third kappa shape index (κ3) is 3.15. The normalized spacial score (nSPS) is 21.3. The lowest BCUT2D eigenvalue weighted by Crippen LogP contribution is -2.57. The summed E-state index contributed by atoms with van der Waals surface area (Å²) >= 11 is 0. The van der Waals surface area contributed by atoms with Gasteiger partial charge in [0.05, 0.1) is 12.0 Å². The van der Waals surface area contributed by atoms with Crippen LogP contribution in [0.15, 0.2) is 24.3 Å². The summed E-state index contributed by atoms with van der Waals surface area (Å²) in [5, 5.41) is 10.4. The zero-order valence-corrected chi connectivity index (χ0v) is 14.5. The monoisotopic (exact) mass is 349 g/mol. The maximum absolute atomic E-state index is 13.2. The van der Waals surface area contributed by atoms with Gasteiger partial charge >= 0.3 is 5.97 Å². The number of piperidine rings is 1. The molecule has 0 spiro atoms. The number of likely N-dealkylation sites (tertiary alicyclic amines) is 1. The maximum Gasteiger partial charge on any atom is 0.338 e. The molecule has 1 saturated carbocycles. The van der Waals surface area contributed by atoms with Crippen LogP contribution in [-0.4, -0.2) is 47.2 Å². The van der Waals surface area contributed by atoms with E-state index in [4.69, 9.17) is 4.74 Å². The Hall–Kier alpha value is -1.95. The number of halogens is 1. The van der Waals surface area contributed by atoms with E-state index in [1.807, 2.05) is 0 Å². The van der Waals surface area contributed by atoms with Gasteiger partial charge in [0.15, 0.2) is 5.60 Å². The Balaban J connectivity index is 1.71. The molecule has 2 fully saturated rings. The highest BCUT2D eigenvalue weighted by Gasteiger charge is 2.50. The van der Waals surface area contributed by atoms with E-state index >= 15 is 0 Å². The van der Waals surface area contributed by atoms with Crippen molar-refractivity contribution in [1.82, 2.24) is 4.90 Å². The van der Waals surface area contributed by atoms with Crippen molar-refractivity contribution in [2.24, 2.45) is 0 Å². The topological polar surface area (TPSA) is 66.8 Å². The summed E-state index contributed by atoms with van der Waals surface area (Å²) < 4.78 is 18.1. The quantitative estimate of drug-likeness (QED) is 0.846. The number of benzene rings is 1. The highest BCUT2D eigenvalue weighted by atomic mass is 19.1. The molecule has 1 heterocycles. The molecule has 2 aliphatic rings. The number of carbonyl (C=O) groups is 2. The summed E-state index contributed by atoms with van der Waals surface area (Å²) in [5.41, 5.74) is -1.25. The molecule has 0 radical (unpaired) electrons. The van der Waals surface area contributed by atoms with Crippen molar-refractivity contribution in [2.75, 3.05) is 19.7 Å². The standard InChI is InChI=1S/C19H24FNO4/c1-2-25-17(23)19(24)10-12-21(13-11-19)16(22)18(8-3-9-18)14-4-6-15(20)7-5-14/h4-7,24H,2-3,8-13H2,1H3. The van der Waals surface area contributed by atoms with Crippen molar-refractivity contribution >= 4 is 11.9 Å². The predicted molar refractivity (Wildman–Crippen MR) is 89.3 cm³/mol. The van der Waals surface area contributed by atoms with E-state index in [1.165, 1.54) is 12.1 Å². The molecule has 1 saturated heterocycles.